The third kappa shape index (κ3) is 4.63. The van der Waals surface area contributed by atoms with Gasteiger partial charge < -0.3 is 14.8 Å². The van der Waals surface area contributed by atoms with Crippen LogP contribution in [0.3, 0.4) is 0 Å². The molecule has 3 heteroatoms. The van der Waals surface area contributed by atoms with E-state index in [-0.39, 0.29) is 0 Å². The SMILES string of the molecule is CCOc1ccccc1OCCNC1CCCC(C)C1C. The molecule has 1 aliphatic carbocycles. The van der Waals surface area contributed by atoms with Gasteiger partial charge in [0.15, 0.2) is 11.5 Å². The highest BCUT2D eigenvalue weighted by Gasteiger charge is 2.26. The van der Waals surface area contributed by atoms with Crippen LogP contribution in [0.15, 0.2) is 24.3 Å². The third-order valence-electron chi connectivity index (χ3n) is 4.62. The van der Waals surface area contributed by atoms with Crippen LogP contribution in [0.4, 0.5) is 0 Å². The Morgan fingerprint density at radius 3 is 2.52 bits per heavy atom. The summed E-state index contributed by atoms with van der Waals surface area (Å²) >= 11 is 0. The summed E-state index contributed by atoms with van der Waals surface area (Å²) in [6, 6.07) is 8.52. The number of rotatable bonds is 7. The zero-order valence-corrected chi connectivity index (χ0v) is 13.6. The fourth-order valence-corrected chi connectivity index (χ4v) is 3.12. The summed E-state index contributed by atoms with van der Waals surface area (Å²) in [6.07, 6.45) is 4.01. The van der Waals surface area contributed by atoms with Crippen LogP contribution < -0.4 is 14.8 Å². The zero-order valence-electron chi connectivity index (χ0n) is 13.6. The van der Waals surface area contributed by atoms with Crippen molar-refractivity contribution in [3.05, 3.63) is 24.3 Å². The van der Waals surface area contributed by atoms with Crippen molar-refractivity contribution >= 4 is 0 Å². The summed E-state index contributed by atoms with van der Waals surface area (Å²) in [6.45, 7) is 8.96. The predicted octanol–water partition coefficient (Wildman–Crippen LogP) is 3.88. The zero-order chi connectivity index (χ0) is 15.1. The Labute approximate surface area is 129 Å². The molecule has 0 heterocycles. The lowest BCUT2D eigenvalue weighted by Gasteiger charge is -2.34. The molecular weight excluding hydrogens is 262 g/mol. The first kappa shape index (κ1) is 16.2. The molecule has 118 valence electrons. The van der Waals surface area contributed by atoms with Crippen LogP contribution in [0.1, 0.15) is 40.0 Å². The molecule has 1 aliphatic rings. The van der Waals surface area contributed by atoms with Gasteiger partial charge in [0, 0.05) is 12.6 Å². The van der Waals surface area contributed by atoms with Gasteiger partial charge in [0.05, 0.1) is 6.61 Å². The standard InChI is InChI=1S/C18H29NO2/c1-4-20-17-10-5-6-11-18(17)21-13-12-19-16-9-7-8-14(2)15(16)3/h5-6,10-11,14-16,19H,4,7-9,12-13H2,1-3H3. The Balaban J connectivity index is 1.74. The molecule has 1 aromatic carbocycles. The number of ether oxygens (including phenoxy) is 2. The highest BCUT2D eigenvalue weighted by molar-refractivity contribution is 5.39. The maximum atomic E-state index is 5.86. The van der Waals surface area contributed by atoms with Crippen LogP contribution >= 0.6 is 0 Å². The summed E-state index contributed by atoms with van der Waals surface area (Å²) in [5, 5.41) is 3.66. The van der Waals surface area contributed by atoms with Gasteiger partial charge in [0.1, 0.15) is 6.61 Å². The van der Waals surface area contributed by atoms with Gasteiger partial charge in [-0.3, -0.25) is 0 Å². The van der Waals surface area contributed by atoms with E-state index in [4.69, 9.17) is 9.47 Å². The molecule has 3 nitrogen and oxygen atoms in total. The fraction of sp³-hybridized carbons (Fsp3) is 0.667. The van der Waals surface area contributed by atoms with Crippen LogP contribution in [0, 0.1) is 11.8 Å². The second-order valence-electron chi connectivity index (χ2n) is 6.06. The van der Waals surface area contributed by atoms with Crippen molar-refractivity contribution in [3.8, 4) is 11.5 Å². The van der Waals surface area contributed by atoms with Crippen molar-refractivity contribution in [1.29, 1.82) is 0 Å². The predicted molar refractivity (Wildman–Crippen MR) is 87.1 cm³/mol. The van der Waals surface area contributed by atoms with E-state index in [1.807, 2.05) is 31.2 Å². The Morgan fingerprint density at radius 2 is 1.81 bits per heavy atom. The highest BCUT2D eigenvalue weighted by Crippen LogP contribution is 2.29. The van der Waals surface area contributed by atoms with E-state index in [0.717, 1.165) is 29.9 Å². The minimum atomic E-state index is 0.638. The molecule has 1 fully saturated rings. The van der Waals surface area contributed by atoms with Gasteiger partial charge in [-0.2, -0.15) is 0 Å². The number of nitrogens with one attached hydrogen (secondary N) is 1. The largest absolute Gasteiger partial charge is 0.490 e. The minimum Gasteiger partial charge on any atom is -0.490 e. The molecule has 2 rings (SSSR count). The second kappa shape index (κ2) is 8.28. The van der Waals surface area contributed by atoms with Gasteiger partial charge in [0.25, 0.3) is 0 Å². The monoisotopic (exact) mass is 291 g/mol. The number of para-hydroxylation sites is 2. The van der Waals surface area contributed by atoms with Crippen molar-refractivity contribution in [3.63, 3.8) is 0 Å². The van der Waals surface area contributed by atoms with E-state index in [0.29, 0.717) is 19.3 Å². The normalized spacial score (nSPS) is 25.6. The molecule has 0 saturated heterocycles. The molecule has 0 amide bonds. The average Bonchev–Trinajstić information content (AvgIpc) is 2.49. The van der Waals surface area contributed by atoms with Gasteiger partial charge in [-0.25, -0.2) is 0 Å². The topological polar surface area (TPSA) is 30.5 Å². The first-order chi connectivity index (χ1) is 10.2. The first-order valence-electron chi connectivity index (χ1n) is 8.30. The van der Waals surface area contributed by atoms with Gasteiger partial charge in [-0.05, 0) is 37.3 Å². The molecule has 0 radical (unpaired) electrons. The summed E-state index contributed by atoms with van der Waals surface area (Å²) < 4.78 is 11.4. The lowest BCUT2D eigenvalue weighted by molar-refractivity contribution is 0.195. The maximum absolute atomic E-state index is 5.86. The molecular formula is C18H29NO2. The number of hydrogen-bond acceptors (Lipinski definition) is 3. The van der Waals surface area contributed by atoms with Gasteiger partial charge in [-0.15, -0.1) is 0 Å². The maximum Gasteiger partial charge on any atom is 0.161 e. The smallest absolute Gasteiger partial charge is 0.161 e. The van der Waals surface area contributed by atoms with Crippen LogP contribution in [-0.2, 0) is 0 Å². The molecule has 0 aromatic heterocycles. The van der Waals surface area contributed by atoms with E-state index in [1.165, 1.54) is 19.3 Å². The third-order valence-corrected chi connectivity index (χ3v) is 4.62. The van der Waals surface area contributed by atoms with Crippen LogP contribution in [-0.4, -0.2) is 25.8 Å². The average molecular weight is 291 g/mol. The minimum absolute atomic E-state index is 0.638. The molecule has 3 atom stereocenters. The molecule has 3 unspecified atom stereocenters. The van der Waals surface area contributed by atoms with E-state index in [1.54, 1.807) is 0 Å². The lowest BCUT2D eigenvalue weighted by Crippen LogP contribution is -2.42. The van der Waals surface area contributed by atoms with Crippen molar-refractivity contribution in [2.45, 2.75) is 46.1 Å². The Morgan fingerprint density at radius 1 is 1.10 bits per heavy atom. The van der Waals surface area contributed by atoms with Crippen molar-refractivity contribution in [1.82, 2.24) is 5.32 Å². The van der Waals surface area contributed by atoms with Gasteiger partial charge in [0.2, 0.25) is 0 Å². The second-order valence-corrected chi connectivity index (χ2v) is 6.06. The molecule has 1 saturated carbocycles. The molecule has 1 aromatic rings. The summed E-state index contributed by atoms with van der Waals surface area (Å²) in [5.74, 6) is 3.26. The van der Waals surface area contributed by atoms with Gasteiger partial charge >= 0.3 is 0 Å². The molecule has 21 heavy (non-hydrogen) atoms. The number of hydrogen-bond donors (Lipinski definition) is 1. The van der Waals surface area contributed by atoms with E-state index in [2.05, 4.69) is 19.2 Å². The molecule has 0 bridgehead atoms. The molecule has 0 spiro atoms. The van der Waals surface area contributed by atoms with E-state index < -0.39 is 0 Å². The highest BCUT2D eigenvalue weighted by atomic mass is 16.5. The lowest BCUT2D eigenvalue weighted by atomic mass is 9.78. The van der Waals surface area contributed by atoms with E-state index >= 15 is 0 Å². The Hall–Kier alpha value is -1.22. The van der Waals surface area contributed by atoms with Gasteiger partial charge in [-0.1, -0.05) is 38.8 Å². The van der Waals surface area contributed by atoms with Crippen LogP contribution in [0.2, 0.25) is 0 Å². The summed E-state index contributed by atoms with van der Waals surface area (Å²) in [7, 11) is 0. The molecule has 1 N–H and O–H groups in total. The van der Waals surface area contributed by atoms with Crippen LogP contribution in [0.25, 0.3) is 0 Å². The Bertz CT molecular complexity index is 421. The quantitative estimate of drug-likeness (QED) is 0.773. The first-order valence-corrected chi connectivity index (χ1v) is 8.30. The van der Waals surface area contributed by atoms with Crippen molar-refractivity contribution in [2.75, 3.05) is 19.8 Å². The van der Waals surface area contributed by atoms with Crippen molar-refractivity contribution < 1.29 is 9.47 Å². The van der Waals surface area contributed by atoms with Crippen LogP contribution in [0.5, 0.6) is 11.5 Å². The fourth-order valence-electron chi connectivity index (χ4n) is 3.12. The summed E-state index contributed by atoms with van der Waals surface area (Å²) in [5.41, 5.74) is 0. The van der Waals surface area contributed by atoms with Crippen molar-refractivity contribution in [2.24, 2.45) is 11.8 Å². The number of benzene rings is 1. The summed E-state index contributed by atoms with van der Waals surface area (Å²) in [4.78, 5) is 0. The molecule has 0 aliphatic heterocycles. The van der Waals surface area contributed by atoms with E-state index in [9.17, 15) is 0 Å². The Kier molecular flexibility index (Phi) is 6.37.